The molecule has 1 atom stereocenters. The molecule has 1 fully saturated rings. The minimum Gasteiger partial charge on any atom is -0.460 e. The predicted molar refractivity (Wildman–Crippen MR) is 111 cm³/mol. The van der Waals surface area contributed by atoms with Crippen molar-refractivity contribution >= 4 is 5.91 Å². The number of nitrogens with zero attached hydrogens (tertiary/aromatic N) is 3. The largest absolute Gasteiger partial charge is 0.460 e. The Morgan fingerprint density at radius 2 is 2.03 bits per heavy atom. The summed E-state index contributed by atoms with van der Waals surface area (Å²) in [4.78, 5) is 17.6. The van der Waals surface area contributed by atoms with Crippen LogP contribution < -0.4 is 0 Å². The molecule has 1 N–H and O–H groups in total. The Morgan fingerprint density at radius 1 is 1.17 bits per heavy atom. The molecule has 2 aliphatic rings. The SMILES string of the molecule is Cc1ccc(-c2cc(C(=O)N3CCCC(N4CCc5ccccc5C4)C3)n[nH]2)o1. The minimum atomic E-state index is -0.00196. The van der Waals surface area contributed by atoms with Gasteiger partial charge in [0.15, 0.2) is 11.5 Å². The highest BCUT2D eigenvalue weighted by Gasteiger charge is 2.31. The number of aromatic amines is 1. The van der Waals surface area contributed by atoms with Crippen LogP contribution in [-0.2, 0) is 13.0 Å². The molecule has 3 aromatic rings. The van der Waals surface area contributed by atoms with E-state index in [0.717, 1.165) is 56.9 Å². The minimum absolute atomic E-state index is 0.00196. The molecule has 29 heavy (non-hydrogen) atoms. The molecular weight excluding hydrogens is 364 g/mol. The molecule has 0 aliphatic carbocycles. The number of carbonyl (C=O) groups excluding carboxylic acids is 1. The summed E-state index contributed by atoms with van der Waals surface area (Å²) in [6.07, 6.45) is 3.26. The van der Waals surface area contributed by atoms with Gasteiger partial charge in [-0.2, -0.15) is 5.10 Å². The lowest BCUT2D eigenvalue weighted by molar-refractivity contribution is 0.0544. The first-order valence-corrected chi connectivity index (χ1v) is 10.4. The Balaban J connectivity index is 1.27. The zero-order valence-corrected chi connectivity index (χ0v) is 16.7. The van der Waals surface area contributed by atoms with Crippen molar-refractivity contribution in [3.63, 3.8) is 0 Å². The van der Waals surface area contributed by atoms with Crippen LogP contribution in [0.2, 0.25) is 0 Å². The van der Waals surface area contributed by atoms with Gasteiger partial charge < -0.3 is 9.32 Å². The third kappa shape index (κ3) is 3.60. The molecular formula is C23H26N4O2. The van der Waals surface area contributed by atoms with Crippen molar-refractivity contribution in [2.24, 2.45) is 0 Å². The summed E-state index contributed by atoms with van der Waals surface area (Å²) >= 11 is 0. The summed E-state index contributed by atoms with van der Waals surface area (Å²) in [7, 11) is 0. The van der Waals surface area contributed by atoms with Gasteiger partial charge in [-0.15, -0.1) is 0 Å². The van der Waals surface area contributed by atoms with Gasteiger partial charge in [0.1, 0.15) is 11.5 Å². The molecule has 150 valence electrons. The highest BCUT2D eigenvalue weighted by molar-refractivity contribution is 5.93. The maximum Gasteiger partial charge on any atom is 0.274 e. The number of benzene rings is 1. The number of furan rings is 1. The fourth-order valence-electron chi connectivity index (χ4n) is 4.57. The maximum absolute atomic E-state index is 13.1. The zero-order valence-electron chi connectivity index (χ0n) is 16.7. The van der Waals surface area contributed by atoms with Crippen LogP contribution in [0.4, 0.5) is 0 Å². The molecule has 1 aromatic carbocycles. The van der Waals surface area contributed by atoms with E-state index in [1.807, 2.05) is 24.0 Å². The van der Waals surface area contributed by atoms with E-state index in [1.54, 1.807) is 6.07 Å². The number of carbonyl (C=O) groups is 1. The molecule has 0 radical (unpaired) electrons. The molecule has 0 saturated carbocycles. The van der Waals surface area contributed by atoms with E-state index < -0.39 is 0 Å². The molecule has 6 nitrogen and oxygen atoms in total. The normalized spacial score (nSPS) is 19.9. The number of amides is 1. The lowest BCUT2D eigenvalue weighted by Crippen LogP contribution is -2.51. The van der Waals surface area contributed by atoms with Crippen molar-refractivity contribution in [2.45, 2.75) is 38.8 Å². The molecule has 1 saturated heterocycles. The molecule has 2 aromatic heterocycles. The zero-order chi connectivity index (χ0) is 19.8. The van der Waals surface area contributed by atoms with E-state index in [-0.39, 0.29) is 5.91 Å². The second-order valence-electron chi connectivity index (χ2n) is 8.11. The van der Waals surface area contributed by atoms with Gasteiger partial charge in [0.2, 0.25) is 0 Å². The summed E-state index contributed by atoms with van der Waals surface area (Å²) in [5.41, 5.74) is 4.08. The van der Waals surface area contributed by atoms with Gasteiger partial charge >= 0.3 is 0 Å². The topological polar surface area (TPSA) is 65.4 Å². The smallest absolute Gasteiger partial charge is 0.274 e. The molecule has 1 amide bonds. The number of H-pyrrole nitrogens is 1. The Kier molecular flexibility index (Phi) is 4.72. The molecule has 4 heterocycles. The molecule has 5 rings (SSSR count). The lowest BCUT2D eigenvalue weighted by atomic mass is 9.96. The number of fused-ring (bicyclic) bond motifs is 1. The van der Waals surface area contributed by atoms with Gasteiger partial charge in [-0.1, -0.05) is 24.3 Å². The van der Waals surface area contributed by atoms with E-state index in [9.17, 15) is 4.79 Å². The van der Waals surface area contributed by atoms with Crippen molar-refractivity contribution in [1.29, 1.82) is 0 Å². The number of piperidine rings is 1. The quantitative estimate of drug-likeness (QED) is 0.742. The number of aryl methyl sites for hydroxylation is 1. The first kappa shape index (κ1) is 18.2. The second kappa shape index (κ2) is 7.52. The summed E-state index contributed by atoms with van der Waals surface area (Å²) in [6.45, 7) is 5.50. The van der Waals surface area contributed by atoms with E-state index >= 15 is 0 Å². The third-order valence-corrected chi connectivity index (χ3v) is 6.16. The van der Waals surface area contributed by atoms with Crippen molar-refractivity contribution in [1.82, 2.24) is 20.0 Å². The third-order valence-electron chi connectivity index (χ3n) is 6.16. The summed E-state index contributed by atoms with van der Waals surface area (Å²) in [5, 5.41) is 7.19. The van der Waals surface area contributed by atoms with E-state index in [2.05, 4.69) is 39.4 Å². The monoisotopic (exact) mass is 390 g/mol. The molecule has 0 bridgehead atoms. The number of likely N-dealkylation sites (tertiary alicyclic amines) is 1. The van der Waals surface area contributed by atoms with Gasteiger partial charge in [0.25, 0.3) is 5.91 Å². The van der Waals surface area contributed by atoms with Gasteiger partial charge in [-0.05, 0) is 49.4 Å². The second-order valence-corrected chi connectivity index (χ2v) is 8.11. The Hall–Kier alpha value is -2.86. The van der Waals surface area contributed by atoms with Crippen LogP contribution in [-0.4, -0.2) is 51.6 Å². The van der Waals surface area contributed by atoms with E-state index in [0.29, 0.717) is 17.5 Å². The Bertz CT molecular complexity index is 1020. The number of rotatable bonds is 3. The van der Waals surface area contributed by atoms with Gasteiger partial charge in [0.05, 0.1) is 0 Å². The summed E-state index contributed by atoms with van der Waals surface area (Å²) in [5.74, 6) is 1.54. The highest BCUT2D eigenvalue weighted by Crippen LogP contribution is 2.26. The van der Waals surface area contributed by atoms with Crippen LogP contribution >= 0.6 is 0 Å². The van der Waals surface area contributed by atoms with E-state index in [4.69, 9.17) is 4.42 Å². The fraction of sp³-hybridized carbons (Fsp3) is 0.391. The lowest BCUT2D eigenvalue weighted by Gasteiger charge is -2.41. The van der Waals surface area contributed by atoms with Crippen LogP contribution in [0.1, 0.15) is 40.2 Å². The van der Waals surface area contributed by atoms with Crippen LogP contribution in [0.15, 0.2) is 46.9 Å². The predicted octanol–water partition coefficient (Wildman–Crippen LogP) is 3.64. The molecule has 2 aliphatic heterocycles. The number of hydrogen-bond donors (Lipinski definition) is 1. The average molecular weight is 390 g/mol. The van der Waals surface area contributed by atoms with Crippen LogP contribution in [0.3, 0.4) is 0 Å². The van der Waals surface area contributed by atoms with Crippen LogP contribution in [0, 0.1) is 6.92 Å². The highest BCUT2D eigenvalue weighted by atomic mass is 16.3. The van der Waals surface area contributed by atoms with E-state index in [1.165, 1.54) is 11.1 Å². The van der Waals surface area contributed by atoms with Crippen molar-refractivity contribution in [2.75, 3.05) is 19.6 Å². The van der Waals surface area contributed by atoms with Gasteiger partial charge in [-0.3, -0.25) is 14.8 Å². The summed E-state index contributed by atoms with van der Waals surface area (Å²) < 4.78 is 5.63. The maximum atomic E-state index is 13.1. The Labute approximate surface area is 170 Å². The van der Waals surface area contributed by atoms with Crippen LogP contribution in [0.5, 0.6) is 0 Å². The Morgan fingerprint density at radius 3 is 2.86 bits per heavy atom. The first-order valence-electron chi connectivity index (χ1n) is 10.4. The van der Waals surface area contributed by atoms with Crippen molar-refractivity contribution < 1.29 is 9.21 Å². The van der Waals surface area contributed by atoms with Gasteiger partial charge in [0, 0.05) is 38.3 Å². The number of aromatic nitrogens is 2. The van der Waals surface area contributed by atoms with Gasteiger partial charge in [-0.25, -0.2) is 0 Å². The van der Waals surface area contributed by atoms with Crippen molar-refractivity contribution in [3.8, 4) is 11.5 Å². The molecule has 1 unspecified atom stereocenters. The average Bonchev–Trinajstić information content (AvgIpc) is 3.42. The standard InChI is InChI=1S/C23H26N4O2/c1-16-8-9-22(29-16)20-13-21(25-24-20)23(28)27-11-4-7-19(15-27)26-12-10-17-5-2-3-6-18(17)14-26/h2-3,5-6,8-9,13,19H,4,7,10-12,14-15H2,1H3,(H,24,25). The molecule has 6 heteroatoms. The fourth-order valence-corrected chi connectivity index (χ4v) is 4.57. The molecule has 0 spiro atoms. The number of nitrogens with one attached hydrogen (secondary N) is 1. The summed E-state index contributed by atoms with van der Waals surface area (Å²) in [6, 6.07) is 14.7. The van der Waals surface area contributed by atoms with Crippen molar-refractivity contribution in [3.05, 3.63) is 65.0 Å². The van der Waals surface area contributed by atoms with Crippen LogP contribution in [0.25, 0.3) is 11.5 Å². The first-order chi connectivity index (χ1) is 14.2. The number of hydrogen-bond acceptors (Lipinski definition) is 4.